The molecule has 1 atom stereocenters. The third-order valence-electron chi connectivity index (χ3n) is 3.68. The van der Waals surface area contributed by atoms with Gasteiger partial charge in [-0.25, -0.2) is 0 Å². The number of hydrogen-bond acceptors (Lipinski definition) is 3. The topological polar surface area (TPSA) is 38.5 Å². The quantitative estimate of drug-likeness (QED) is 0.889. The van der Waals surface area contributed by atoms with E-state index in [9.17, 15) is 0 Å². The molecule has 2 N–H and O–H groups in total. The summed E-state index contributed by atoms with van der Waals surface area (Å²) in [5.74, 6) is 0.943. The summed E-state index contributed by atoms with van der Waals surface area (Å²) in [6.45, 7) is 9.21. The molecule has 1 fully saturated rings. The molecule has 2 rings (SSSR count). The third kappa shape index (κ3) is 3.03. The Balaban J connectivity index is 2.01. The first-order chi connectivity index (χ1) is 8.51. The summed E-state index contributed by atoms with van der Waals surface area (Å²) < 4.78 is 5.46. The molecule has 1 heterocycles. The van der Waals surface area contributed by atoms with Gasteiger partial charge in [-0.05, 0) is 44.9 Å². The second kappa shape index (κ2) is 5.29. The smallest absolute Gasteiger partial charge is 0.119 e. The Bertz CT molecular complexity index is 386. The van der Waals surface area contributed by atoms with Crippen LogP contribution in [0.15, 0.2) is 24.3 Å². The molecule has 1 aromatic rings. The summed E-state index contributed by atoms with van der Waals surface area (Å²) in [5, 5.41) is 0. The molecule has 0 aromatic heterocycles. The molecule has 1 aliphatic heterocycles. The lowest BCUT2D eigenvalue weighted by Gasteiger charge is -2.31. The monoisotopic (exact) mass is 248 g/mol. The zero-order valence-corrected chi connectivity index (χ0v) is 11.6. The van der Waals surface area contributed by atoms with Crippen LogP contribution in [-0.2, 0) is 6.54 Å². The molecule has 3 nitrogen and oxygen atoms in total. The largest absolute Gasteiger partial charge is 0.494 e. The van der Waals surface area contributed by atoms with Gasteiger partial charge in [-0.3, -0.25) is 4.90 Å². The van der Waals surface area contributed by atoms with Crippen LogP contribution in [0.2, 0.25) is 0 Å². The first kappa shape index (κ1) is 13.4. The first-order valence-corrected chi connectivity index (χ1v) is 6.73. The average molecular weight is 248 g/mol. The van der Waals surface area contributed by atoms with Crippen molar-refractivity contribution in [2.45, 2.75) is 45.3 Å². The number of likely N-dealkylation sites (tertiary alicyclic amines) is 1. The molecular weight excluding hydrogens is 224 g/mol. The van der Waals surface area contributed by atoms with Crippen molar-refractivity contribution in [3.05, 3.63) is 29.8 Å². The van der Waals surface area contributed by atoms with E-state index in [-0.39, 0.29) is 5.54 Å². The fraction of sp³-hybridized carbons (Fsp3) is 0.600. The van der Waals surface area contributed by atoms with Crippen LogP contribution in [0.5, 0.6) is 5.75 Å². The van der Waals surface area contributed by atoms with E-state index in [0.717, 1.165) is 25.3 Å². The maximum Gasteiger partial charge on any atom is 0.119 e. The highest BCUT2D eigenvalue weighted by Gasteiger charge is 2.36. The van der Waals surface area contributed by atoms with Crippen LogP contribution >= 0.6 is 0 Å². The SMILES string of the molecule is CCOc1ccc(CN2CC(N)CC2(C)C)cc1. The molecule has 0 amide bonds. The van der Waals surface area contributed by atoms with Gasteiger partial charge in [-0.15, -0.1) is 0 Å². The molecular formula is C15H24N2O. The molecule has 1 aromatic carbocycles. The Kier molecular flexibility index (Phi) is 3.93. The first-order valence-electron chi connectivity index (χ1n) is 6.73. The predicted octanol–water partition coefficient (Wildman–Crippen LogP) is 2.40. The molecule has 18 heavy (non-hydrogen) atoms. The van der Waals surface area contributed by atoms with E-state index in [2.05, 4.69) is 30.9 Å². The summed E-state index contributed by atoms with van der Waals surface area (Å²) >= 11 is 0. The highest BCUT2D eigenvalue weighted by atomic mass is 16.5. The lowest BCUT2D eigenvalue weighted by molar-refractivity contribution is 0.166. The zero-order valence-electron chi connectivity index (χ0n) is 11.6. The Hall–Kier alpha value is -1.06. The number of rotatable bonds is 4. The molecule has 0 spiro atoms. The van der Waals surface area contributed by atoms with Crippen LogP contribution in [0.3, 0.4) is 0 Å². The minimum Gasteiger partial charge on any atom is -0.494 e. The Morgan fingerprint density at radius 2 is 2.00 bits per heavy atom. The fourth-order valence-corrected chi connectivity index (χ4v) is 2.72. The van der Waals surface area contributed by atoms with Crippen molar-refractivity contribution in [2.24, 2.45) is 5.73 Å². The van der Waals surface area contributed by atoms with Gasteiger partial charge >= 0.3 is 0 Å². The Morgan fingerprint density at radius 1 is 1.33 bits per heavy atom. The van der Waals surface area contributed by atoms with Gasteiger partial charge in [0.25, 0.3) is 0 Å². The summed E-state index contributed by atoms with van der Waals surface area (Å²) in [4.78, 5) is 2.47. The van der Waals surface area contributed by atoms with Crippen molar-refractivity contribution >= 4 is 0 Å². The van der Waals surface area contributed by atoms with E-state index in [1.165, 1.54) is 5.56 Å². The van der Waals surface area contributed by atoms with Gasteiger partial charge in [-0.2, -0.15) is 0 Å². The van der Waals surface area contributed by atoms with Crippen molar-refractivity contribution in [2.75, 3.05) is 13.2 Å². The molecule has 0 saturated carbocycles. The molecule has 3 heteroatoms. The molecule has 0 bridgehead atoms. The summed E-state index contributed by atoms with van der Waals surface area (Å²) in [6, 6.07) is 8.68. The van der Waals surface area contributed by atoms with E-state index >= 15 is 0 Å². The number of nitrogens with zero attached hydrogens (tertiary/aromatic N) is 1. The second-order valence-corrected chi connectivity index (χ2v) is 5.73. The Labute approximate surface area is 110 Å². The lowest BCUT2D eigenvalue weighted by Crippen LogP contribution is -2.37. The zero-order chi connectivity index (χ0) is 13.2. The van der Waals surface area contributed by atoms with E-state index in [1.54, 1.807) is 0 Å². The molecule has 1 unspecified atom stereocenters. The minimum absolute atomic E-state index is 0.206. The van der Waals surface area contributed by atoms with Gasteiger partial charge < -0.3 is 10.5 Å². The van der Waals surface area contributed by atoms with Crippen molar-refractivity contribution in [3.8, 4) is 5.75 Å². The molecule has 0 aliphatic carbocycles. The van der Waals surface area contributed by atoms with E-state index in [0.29, 0.717) is 12.6 Å². The van der Waals surface area contributed by atoms with Crippen LogP contribution in [0.1, 0.15) is 32.8 Å². The standard InChI is InChI=1S/C15H24N2O/c1-4-18-14-7-5-12(6-8-14)10-17-11-13(16)9-15(17,2)3/h5-8,13H,4,9-11,16H2,1-3H3. The molecule has 0 radical (unpaired) electrons. The van der Waals surface area contributed by atoms with E-state index < -0.39 is 0 Å². The van der Waals surface area contributed by atoms with Crippen LogP contribution in [-0.4, -0.2) is 29.6 Å². The highest BCUT2D eigenvalue weighted by molar-refractivity contribution is 5.27. The minimum atomic E-state index is 0.206. The molecule has 1 saturated heterocycles. The second-order valence-electron chi connectivity index (χ2n) is 5.73. The van der Waals surface area contributed by atoms with E-state index in [4.69, 9.17) is 10.5 Å². The highest BCUT2D eigenvalue weighted by Crippen LogP contribution is 2.29. The number of nitrogens with two attached hydrogens (primary N) is 1. The van der Waals surface area contributed by atoms with Crippen LogP contribution in [0, 0.1) is 0 Å². The van der Waals surface area contributed by atoms with Gasteiger partial charge in [-0.1, -0.05) is 12.1 Å². The average Bonchev–Trinajstić information content (AvgIpc) is 2.55. The van der Waals surface area contributed by atoms with Crippen LogP contribution in [0.4, 0.5) is 0 Å². The molecule has 1 aliphatic rings. The van der Waals surface area contributed by atoms with Gasteiger partial charge in [0, 0.05) is 24.7 Å². The van der Waals surface area contributed by atoms with Crippen LogP contribution in [0.25, 0.3) is 0 Å². The molecule has 100 valence electrons. The van der Waals surface area contributed by atoms with E-state index in [1.807, 2.05) is 19.1 Å². The van der Waals surface area contributed by atoms with Crippen molar-refractivity contribution in [3.63, 3.8) is 0 Å². The summed E-state index contributed by atoms with van der Waals surface area (Å²) in [6.07, 6.45) is 1.07. The van der Waals surface area contributed by atoms with Gasteiger partial charge in [0.2, 0.25) is 0 Å². The summed E-state index contributed by atoms with van der Waals surface area (Å²) in [5.41, 5.74) is 7.58. The predicted molar refractivity (Wildman–Crippen MR) is 74.7 cm³/mol. The van der Waals surface area contributed by atoms with Crippen molar-refractivity contribution in [1.29, 1.82) is 0 Å². The Morgan fingerprint density at radius 3 is 2.50 bits per heavy atom. The maximum atomic E-state index is 6.06. The van der Waals surface area contributed by atoms with Crippen molar-refractivity contribution < 1.29 is 4.74 Å². The number of benzene rings is 1. The van der Waals surface area contributed by atoms with Gasteiger partial charge in [0.1, 0.15) is 5.75 Å². The lowest BCUT2D eigenvalue weighted by atomic mass is 10.00. The fourth-order valence-electron chi connectivity index (χ4n) is 2.72. The summed E-state index contributed by atoms with van der Waals surface area (Å²) in [7, 11) is 0. The number of ether oxygens (including phenoxy) is 1. The third-order valence-corrected chi connectivity index (χ3v) is 3.68. The van der Waals surface area contributed by atoms with Crippen LogP contribution < -0.4 is 10.5 Å². The van der Waals surface area contributed by atoms with Gasteiger partial charge in [0.15, 0.2) is 0 Å². The number of hydrogen-bond donors (Lipinski definition) is 1. The van der Waals surface area contributed by atoms with Crippen molar-refractivity contribution in [1.82, 2.24) is 4.90 Å². The maximum absolute atomic E-state index is 6.06. The van der Waals surface area contributed by atoms with Gasteiger partial charge in [0.05, 0.1) is 6.61 Å². The normalized spacial score (nSPS) is 23.2.